The van der Waals surface area contributed by atoms with Crippen LogP contribution in [-0.4, -0.2) is 0 Å². The topological polar surface area (TPSA) is 0 Å². The Hall–Kier alpha value is -0.520. The van der Waals surface area contributed by atoms with Crippen molar-refractivity contribution in [3.05, 3.63) is 23.3 Å². The van der Waals surface area contributed by atoms with Gasteiger partial charge in [-0.05, 0) is 44.9 Å². The van der Waals surface area contributed by atoms with E-state index in [1.165, 1.54) is 57.8 Å². The second-order valence-corrected chi connectivity index (χ2v) is 5.99. The molecule has 0 aromatic carbocycles. The van der Waals surface area contributed by atoms with Crippen LogP contribution in [0.4, 0.5) is 0 Å². The van der Waals surface area contributed by atoms with Gasteiger partial charge >= 0.3 is 0 Å². The van der Waals surface area contributed by atoms with E-state index in [4.69, 9.17) is 0 Å². The Bertz CT molecular complexity index is 255. The lowest BCUT2D eigenvalue weighted by atomic mass is 9.93. The highest BCUT2D eigenvalue weighted by molar-refractivity contribution is 5.16. The normalized spacial score (nSPS) is 16.2. The van der Waals surface area contributed by atoms with E-state index < -0.39 is 0 Å². The number of unbranched alkanes of at least 4 members (excludes halogenated alkanes) is 1. The smallest absolute Gasteiger partial charge is 0.0136 e. The van der Waals surface area contributed by atoms with E-state index >= 15 is 0 Å². The molecular weight excluding hydrogens is 372 g/mol. The molecule has 1 unspecified atom stereocenters. The van der Waals surface area contributed by atoms with Crippen molar-refractivity contribution in [2.75, 3.05) is 0 Å². The first-order valence-electron chi connectivity index (χ1n) is 14.5. The Kier molecular flexibility index (Phi) is 97.7. The number of allylic oxidation sites excluding steroid dienone is 4. The zero-order valence-corrected chi connectivity index (χ0v) is 26.1. The molecule has 196 valence electrons. The second-order valence-electron chi connectivity index (χ2n) is 5.99. The molecule has 31 heavy (non-hydrogen) atoms. The molecule has 0 N–H and O–H groups in total. The molecule has 0 fully saturated rings. The Labute approximate surface area is 204 Å². The van der Waals surface area contributed by atoms with Gasteiger partial charge in [-0.15, -0.1) is 0 Å². The third kappa shape index (κ3) is 53.1. The average Bonchev–Trinajstić information content (AvgIpc) is 2.88. The maximum Gasteiger partial charge on any atom is -0.0136 e. The summed E-state index contributed by atoms with van der Waals surface area (Å²) in [7, 11) is 0. The van der Waals surface area contributed by atoms with Gasteiger partial charge in [0.15, 0.2) is 0 Å². The number of hydrogen-bond acceptors (Lipinski definition) is 0. The van der Waals surface area contributed by atoms with Gasteiger partial charge in [-0.2, -0.15) is 0 Å². The molecule has 0 saturated carbocycles. The monoisotopic (exact) mass is 445 g/mol. The van der Waals surface area contributed by atoms with Crippen LogP contribution in [-0.2, 0) is 0 Å². The molecule has 0 heteroatoms. The fourth-order valence-corrected chi connectivity index (χ4v) is 2.36. The zero-order valence-electron chi connectivity index (χ0n) is 26.1. The summed E-state index contributed by atoms with van der Waals surface area (Å²) in [5.74, 6) is 0.784. The van der Waals surface area contributed by atoms with Crippen LogP contribution in [0, 0.1) is 5.92 Å². The molecule has 0 saturated heterocycles. The van der Waals surface area contributed by atoms with E-state index in [0.29, 0.717) is 0 Å². The van der Waals surface area contributed by atoms with Gasteiger partial charge in [-0.25, -0.2) is 0 Å². The van der Waals surface area contributed by atoms with Gasteiger partial charge in [-0.1, -0.05) is 160 Å². The van der Waals surface area contributed by atoms with Gasteiger partial charge in [0.25, 0.3) is 0 Å². The summed E-state index contributed by atoms with van der Waals surface area (Å²) in [5.41, 5.74) is 3.36. The fourth-order valence-electron chi connectivity index (χ4n) is 2.36. The standard InChI is InChI=1S/C15H26.C4H10.6C2H6/c1-4-8-15-12-7-10-13(2)9-5-6-11-14(15)3;1-3-4-2;6*1-2/h7,10,13H,4-6,8-9,11-12H2,1-3H3;3-4H2,1-2H3;6*1-2H3/b10-7?,15-14-;;;;;;;. The molecular formula is C31H72. The van der Waals surface area contributed by atoms with Gasteiger partial charge in [0.2, 0.25) is 0 Å². The summed E-state index contributed by atoms with van der Waals surface area (Å²) in [6.45, 7) is 35.3. The Morgan fingerprint density at radius 3 is 1.45 bits per heavy atom. The second kappa shape index (κ2) is 63.0. The van der Waals surface area contributed by atoms with Crippen LogP contribution in [0.3, 0.4) is 0 Å². The lowest BCUT2D eigenvalue weighted by molar-refractivity contribution is 0.574. The summed E-state index contributed by atoms with van der Waals surface area (Å²) in [6, 6.07) is 0. The summed E-state index contributed by atoms with van der Waals surface area (Å²) >= 11 is 0. The largest absolute Gasteiger partial charge is 0.0854 e. The maximum atomic E-state index is 2.41. The van der Waals surface area contributed by atoms with E-state index in [1.807, 2.05) is 83.1 Å². The zero-order chi connectivity index (χ0) is 26.5. The third-order valence-corrected chi connectivity index (χ3v) is 3.95. The van der Waals surface area contributed by atoms with Gasteiger partial charge in [-0.3, -0.25) is 0 Å². The quantitative estimate of drug-likeness (QED) is 0.379. The lowest BCUT2D eigenvalue weighted by Gasteiger charge is -2.13. The van der Waals surface area contributed by atoms with Crippen LogP contribution < -0.4 is 0 Å². The summed E-state index contributed by atoms with van der Waals surface area (Å²) in [5, 5.41) is 0. The molecule has 0 spiro atoms. The predicted octanol–water partition coefficient (Wildman–Crippen LogP) is 13.2. The van der Waals surface area contributed by atoms with Gasteiger partial charge in [0.1, 0.15) is 0 Å². The summed E-state index contributed by atoms with van der Waals surface area (Å²) < 4.78 is 0. The van der Waals surface area contributed by atoms with Crippen molar-refractivity contribution >= 4 is 0 Å². The average molecular weight is 445 g/mol. The predicted molar refractivity (Wildman–Crippen MR) is 158 cm³/mol. The molecule has 1 atom stereocenters. The van der Waals surface area contributed by atoms with Crippen molar-refractivity contribution in [3.63, 3.8) is 0 Å². The van der Waals surface area contributed by atoms with E-state index in [0.717, 1.165) is 5.92 Å². The first-order valence-corrected chi connectivity index (χ1v) is 14.5. The summed E-state index contributed by atoms with van der Waals surface area (Å²) in [6.07, 6.45) is 16.7. The molecule has 0 radical (unpaired) electrons. The molecule has 0 aliphatic heterocycles. The molecule has 1 aliphatic rings. The van der Waals surface area contributed by atoms with Crippen molar-refractivity contribution < 1.29 is 0 Å². The van der Waals surface area contributed by atoms with E-state index in [-0.39, 0.29) is 0 Å². The van der Waals surface area contributed by atoms with E-state index in [2.05, 4.69) is 46.8 Å². The highest BCUT2D eigenvalue weighted by Gasteiger charge is 2.04. The molecule has 1 rings (SSSR count). The van der Waals surface area contributed by atoms with Crippen molar-refractivity contribution in [3.8, 4) is 0 Å². The molecule has 0 aromatic heterocycles. The van der Waals surface area contributed by atoms with Crippen molar-refractivity contribution in [2.24, 2.45) is 5.92 Å². The SMILES string of the molecule is CC.CC.CC.CC.CC.CC.CCC/C1=C(\C)CCCCC(C)C=CC1.CCCC. The van der Waals surface area contributed by atoms with Crippen molar-refractivity contribution in [1.82, 2.24) is 0 Å². The van der Waals surface area contributed by atoms with Crippen molar-refractivity contribution in [2.45, 2.75) is 175 Å². The van der Waals surface area contributed by atoms with Gasteiger partial charge in [0, 0.05) is 0 Å². The highest BCUT2D eigenvalue weighted by atomic mass is 14.1. The molecule has 1 aliphatic carbocycles. The number of rotatable bonds is 3. The van der Waals surface area contributed by atoms with E-state index in [9.17, 15) is 0 Å². The minimum Gasteiger partial charge on any atom is -0.0854 e. The van der Waals surface area contributed by atoms with Crippen LogP contribution in [0.1, 0.15) is 175 Å². The molecule has 0 heterocycles. The van der Waals surface area contributed by atoms with Crippen LogP contribution in [0.15, 0.2) is 23.3 Å². The van der Waals surface area contributed by atoms with Gasteiger partial charge < -0.3 is 0 Å². The first-order chi connectivity index (χ1) is 15.2. The fraction of sp³-hybridized carbons (Fsp3) is 0.871. The molecule has 0 bridgehead atoms. The molecule has 0 aromatic rings. The van der Waals surface area contributed by atoms with Crippen LogP contribution in [0.5, 0.6) is 0 Å². The van der Waals surface area contributed by atoms with Crippen LogP contribution in [0.2, 0.25) is 0 Å². The van der Waals surface area contributed by atoms with Crippen LogP contribution in [0.25, 0.3) is 0 Å². The molecule has 0 amide bonds. The molecule has 0 nitrogen and oxygen atoms in total. The van der Waals surface area contributed by atoms with Gasteiger partial charge in [0.05, 0.1) is 0 Å². The first kappa shape index (κ1) is 48.0. The third-order valence-electron chi connectivity index (χ3n) is 3.95. The summed E-state index contributed by atoms with van der Waals surface area (Å²) in [4.78, 5) is 0. The van der Waals surface area contributed by atoms with Crippen molar-refractivity contribution in [1.29, 1.82) is 0 Å². The van der Waals surface area contributed by atoms with Crippen LogP contribution >= 0.6 is 0 Å². The maximum absolute atomic E-state index is 2.41. The Morgan fingerprint density at radius 2 is 1.10 bits per heavy atom. The highest BCUT2D eigenvalue weighted by Crippen LogP contribution is 2.23. The minimum absolute atomic E-state index is 0.784. The van der Waals surface area contributed by atoms with E-state index in [1.54, 1.807) is 11.1 Å². The Morgan fingerprint density at radius 1 is 0.677 bits per heavy atom. The Balaban J connectivity index is -0.0000000603. The lowest BCUT2D eigenvalue weighted by Crippen LogP contribution is -1.95. The number of hydrogen-bond donors (Lipinski definition) is 0. The minimum atomic E-state index is 0.784.